The zero-order valence-corrected chi connectivity index (χ0v) is 12.1. The standard InChI is InChI=1S/C18H18N4/c19-17-11-10-16(12-18(17)20)22-15-8-6-14(7-9-15)21-13-4-2-1-3-5-13/h1-12,21-22H,19-20H2. The summed E-state index contributed by atoms with van der Waals surface area (Å²) >= 11 is 0. The highest BCUT2D eigenvalue weighted by molar-refractivity contribution is 5.73. The Morgan fingerprint density at radius 1 is 0.500 bits per heavy atom. The first-order valence-electron chi connectivity index (χ1n) is 7.05. The summed E-state index contributed by atoms with van der Waals surface area (Å²) < 4.78 is 0. The maximum Gasteiger partial charge on any atom is 0.0568 e. The van der Waals surface area contributed by atoms with E-state index in [1.807, 2.05) is 66.7 Å². The van der Waals surface area contributed by atoms with Gasteiger partial charge in [-0.05, 0) is 54.6 Å². The van der Waals surface area contributed by atoms with Crippen molar-refractivity contribution >= 4 is 34.1 Å². The summed E-state index contributed by atoms with van der Waals surface area (Å²) in [6.07, 6.45) is 0. The molecule has 0 aliphatic heterocycles. The Bertz CT molecular complexity index is 752. The molecule has 6 N–H and O–H groups in total. The zero-order valence-electron chi connectivity index (χ0n) is 12.1. The second-order valence-electron chi connectivity index (χ2n) is 5.04. The van der Waals surface area contributed by atoms with Crippen LogP contribution in [0.25, 0.3) is 0 Å². The molecule has 0 bridgehead atoms. The lowest BCUT2D eigenvalue weighted by Gasteiger charge is -2.10. The average Bonchev–Trinajstić information content (AvgIpc) is 2.54. The van der Waals surface area contributed by atoms with Gasteiger partial charge in [-0.15, -0.1) is 0 Å². The van der Waals surface area contributed by atoms with Crippen LogP contribution in [0.5, 0.6) is 0 Å². The Morgan fingerprint density at radius 2 is 1.00 bits per heavy atom. The third-order valence-corrected chi connectivity index (χ3v) is 3.32. The molecule has 0 radical (unpaired) electrons. The van der Waals surface area contributed by atoms with Gasteiger partial charge < -0.3 is 22.1 Å². The fourth-order valence-electron chi connectivity index (χ4n) is 2.14. The molecule has 0 saturated carbocycles. The predicted molar refractivity (Wildman–Crippen MR) is 94.7 cm³/mol. The molecule has 0 unspecified atom stereocenters. The highest BCUT2D eigenvalue weighted by Gasteiger charge is 1.99. The molecule has 0 heterocycles. The van der Waals surface area contributed by atoms with Crippen molar-refractivity contribution in [3.63, 3.8) is 0 Å². The lowest BCUT2D eigenvalue weighted by atomic mass is 10.2. The molecule has 110 valence electrons. The molecule has 3 aromatic rings. The summed E-state index contributed by atoms with van der Waals surface area (Å²) in [5.74, 6) is 0. The number of anilines is 6. The predicted octanol–water partition coefficient (Wildman–Crippen LogP) is 4.34. The Hall–Kier alpha value is -3.14. The minimum absolute atomic E-state index is 0.576. The van der Waals surface area contributed by atoms with Gasteiger partial charge in [-0.3, -0.25) is 0 Å². The van der Waals surface area contributed by atoms with Crippen LogP contribution in [0.3, 0.4) is 0 Å². The van der Waals surface area contributed by atoms with Gasteiger partial charge in [-0.2, -0.15) is 0 Å². The smallest absolute Gasteiger partial charge is 0.0568 e. The van der Waals surface area contributed by atoms with Crippen molar-refractivity contribution in [3.05, 3.63) is 72.8 Å². The van der Waals surface area contributed by atoms with Crippen molar-refractivity contribution in [2.24, 2.45) is 0 Å². The number of hydrogen-bond acceptors (Lipinski definition) is 4. The molecule has 0 aliphatic carbocycles. The van der Waals surface area contributed by atoms with Crippen LogP contribution in [-0.4, -0.2) is 0 Å². The van der Waals surface area contributed by atoms with Gasteiger partial charge in [0.1, 0.15) is 0 Å². The van der Waals surface area contributed by atoms with E-state index in [1.165, 1.54) is 0 Å². The first kappa shape index (κ1) is 13.8. The van der Waals surface area contributed by atoms with E-state index in [4.69, 9.17) is 11.5 Å². The number of nitrogens with one attached hydrogen (secondary N) is 2. The zero-order chi connectivity index (χ0) is 15.4. The van der Waals surface area contributed by atoms with Crippen LogP contribution in [0.2, 0.25) is 0 Å². The quantitative estimate of drug-likeness (QED) is 0.539. The summed E-state index contributed by atoms with van der Waals surface area (Å²) in [6.45, 7) is 0. The third kappa shape index (κ3) is 3.30. The highest BCUT2D eigenvalue weighted by Crippen LogP contribution is 2.24. The number of para-hydroxylation sites is 1. The van der Waals surface area contributed by atoms with Gasteiger partial charge in [0.2, 0.25) is 0 Å². The van der Waals surface area contributed by atoms with Crippen molar-refractivity contribution in [3.8, 4) is 0 Å². The van der Waals surface area contributed by atoms with E-state index < -0.39 is 0 Å². The molecule has 0 fully saturated rings. The molecule has 4 nitrogen and oxygen atoms in total. The lowest BCUT2D eigenvalue weighted by Crippen LogP contribution is -1.97. The van der Waals surface area contributed by atoms with Gasteiger partial charge in [-0.25, -0.2) is 0 Å². The van der Waals surface area contributed by atoms with Crippen LogP contribution >= 0.6 is 0 Å². The van der Waals surface area contributed by atoms with Gasteiger partial charge in [-0.1, -0.05) is 18.2 Å². The van der Waals surface area contributed by atoms with Crippen LogP contribution in [0.15, 0.2) is 72.8 Å². The van der Waals surface area contributed by atoms with Crippen LogP contribution in [0.4, 0.5) is 34.1 Å². The minimum Gasteiger partial charge on any atom is -0.397 e. The maximum absolute atomic E-state index is 5.81. The molecule has 0 spiro atoms. The molecule has 4 heteroatoms. The fraction of sp³-hybridized carbons (Fsp3) is 0. The number of hydrogen-bond donors (Lipinski definition) is 4. The minimum atomic E-state index is 0.576. The first-order chi connectivity index (χ1) is 10.7. The number of benzene rings is 3. The van der Waals surface area contributed by atoms with E-state index in [1.54, 1.807) is 6.07 Å². The molecule has 0 atom stereocenters. The van der Waals surface area contributed by atoms with E-state index >= 15 is 0 Å². The van der Waals surface area contributed by atoms with E-state index in [-0.39, 0.29) is 0 Å². The Morgan fingerprint density at radius 3 is 1.59 bits per heavy atom. The van der Waals surface area contributed by atoms with E-state index in [0.29, 0.717) is 11.4 Å². The highest BCUT2D eigenvalue weighted by atomic mass is 14.9. The van der Waals surface area contributed by atoms with Crippen LogP contribution in [0.1, 0.15) is 0 Å². The Labute approximate surface area is 129 Å². The summed E-state index contributed by atoms with van der Waals surface area (Å²) in [5, 5.41) is 6.65. The maximum atomic E-state index is 5.81. The van der Waals surface area contributed by atoms with Crippen molar-refractivity contribution in [1.82, 2.24) is 0 Å². The van der Waals surface area contributed by atoms with E-state index in [9.17, 15) is 0 Å². The Kier molecular flexibility index (Phi) is 3.83. The van der Waals surface area contributed by atoms with Crippen LogP contribution in [-0.2, 0) is 0 Å². The molecule has 22 heavy (non-hydrogen) atoms. The van der Waals surface area contributed by atoms with Gasteiger partial charge in [0.05, 0.1) is 11.4 Å². The third-order valence-electron chi connectivity index (χ3n) is 3.32. The van der Waals surface area contributed by atoms with Crippen LogP contribution < -0.4 is 22.1 Å². The van der Waals surface area contributed by atoms with E-state index in [2.05, 4.69) is 10.6 Å². The van der Waals surface area contributed by atoms with Crippen molar-refractivity contribution in [2.75, 3.05) is 22.1 Å². The largest absolute Gasteiger partial charge is 0.397 e. The molecular weight excluding hydrogens is 272 g/mol. The molecule has 0 saturated heterocycles. The fourth-order valence-corrected chi connectivity index (χ4v) is 2.14. The second-order valence-corrected chi connectivity index (χ2v) is 5.04. The van der Waals surface area contributed by atoms with Gasteiger partial charge >= 0.3 is 0 Å². The van der Waals surface area contributed by atoms with Crippen molar-refractivity contribution in [2.45, 2.75) is 0 Å². The van der Waals surface area contributed by atoms with Gasteiger partial charge in [0, 0.05) is 22.7 Å². The van der Waals surface area contributed by atoms with Gasteiger partial charge in [0.15, 0.2) is 0 Å². The molecule has 0 amide bonds. The SMILES string of the molecule is Nc1ccc(Nc2ccc(Nc3ccccc3)cc2)cc1N. The molecule has 3 aromatic carbocycles. The summed E-state index contributed by atoms with van der Waals surface area (Å²) in [7, 11) is 0. The van der Waals surface area contributed by atoms with Gasteiger partial charge in [0.25, 0.3) is 0 Å². The topological polar surface area (TPSA) is 76.1 Å². The molecule has 0 aromatic heterocycles. The molecule has 3 rings (SSSR count). The van der Waals surface area contributed by atoms with Crippen molar-refractivity contribution < 1.29 is 0 Å². The number of rotatable bonds is 4. The lowest BCUT2D eigenvalue weighted by molar-refractivity contribution is 1.52. The number of nitrogens with two attached hydrogens (primary N) is 2. The molecular formula is C18H18N4. The van der Waals surface area contributed by atoms with Crippen molar-refractivity contribution in [1.29, 1.82) is 0 Å². The molecule has 0 aliphatic rings. The summed E-state index contributed by atoms with van der Waals surface area (Å²) in [5.41, 5.74) is 16.7. The first-order valence-corrected chi connectivity index (χ1v) is 7.05. The summed E-state index contributed by atoms with van der Waals surface area (Å²) in [6, 6.07) is 23.7. The van der Waals surface area contributed by atoms with E-state index in [0.717, 1.165) is 22.7 Å². The average molecular weight is 290 g/mol. The normalized spacial score (nSPS) is 10.2. The monoisotopic (exact) mass is 290 g/mol. The van der Waals surface area contributed by atoms with Crippen LogP contribution in [0, 0.1) is 0 Å². The summed E-state index contributed by atoms with van der Waals surface area (Å²) in [4.78, 5) is 0. The Balaban J connectivity index is 1.70. The second kappa shape index (κ2) is 6.10. The number of nitrogen functional groups attached to an aromatic ring is 2.